The van der Waals surface area contributed by atoms with Gasteiger partial charge in [0.15, 0.2) is 11.6 Å². The van der Waals surface area contributed by atoms with Gasteiger partial charge in [0.1, 0.15) is 9.90 Å². The van der Waals surface area contributed by atoms with Gasteiger partial charge in [0.05, 0.1) is 0 Å². The summed E-state index contributed by atoms with van der Waals surface area (Å²) in [6.07, 6.45) is 1.07. The van der Waals surface area contributed by atoms with Crippen LogP contribution in [0.25, 0.3) is 0 Å². The summed E-state index contributed by atoms with van der Waals surface area (Å²) >= 11 is 1.75. The number of amides is 4. The highest BCUT2D eigenvalue weighted by molar-refractivity contribution is 14.1. The summed E-state index contributed by atoms with van der Waals surface area (Å²) in [5.74, 6) is 10.8. The van der Waals surface area contributed by atoms with Crippen molar-refractivity contribution in [2.24, 2.45) is 23.2 Å². The molecule has 0 spiro atoms. The number of anilines is 2. The summed E-state index contributed by atoms with van der Waals surface area (Å²) < 4.78 is 0.257. The molecule has 0 aromatic carbocycles. The summed E-state index contributed by atoms with van der Waals surface area (Å²) in [7, 11) is 0. The van der Waals surface area contributed by atoms with Crippen LogP contribution in [0, 0.1) is 3.57 Å². The molecule has 10 nitrogen and oxygen atoms in total. The van der Waals surface area contributed by atoms with Crippen LogP contribution in [-0.2, 0) is 0 Å². The molecule has 92 valence electrons. The van der Waals surface area contributed by atoms with Crippen molar-refractivity contribution in [1.29, 1.82) is 0 Å². The number of carbonyl (C=O) groups is 2. The third-order valence-electron chi connectivity index (χ3n) is 1.68. The second-order valence-electron chi connectivity index (χ2n) is 2.75. The van der Waals surface area contributed by atoms with Crippen molar-refractivity contribution in [1.82, 2.24) is 9.97 Å². The van der Waals surface area contributed by atoms with Gasteiger partial charge in [0.2, 0.25) is 0 Å². The number of aromatic nitrogens is 2. The zero-order chi connectivity index (χ0) is 13.2. The van der Waals surface area contributed by atoms with Gasteiger partial charge in [-0.05, 0) is 22.6 Å². The Hall–Kier alpha value is -1.73. The number of primary amides is 2. The SMILES string of the molecule is NC(=O)N(N)c1ncnc(N(N)C(N)=O)c1I. The quantitative estimate of drug-likeness (QED) is 0.221. The van der Waals surface area contributed by atoms with Crippen molar-refractivity contribution in [2.45, 2.75) is 0 Å². The van der Waals surface area contributed by atoms with E-state index in [0.29, 0.717) is 10.0 Å². The fraction of sp³-hybridized carbons (Fsp3) is 0. The first kappa shape index (κ1) is 13.3. The molecule has 17 heavy (non-hydrogen) atoms. The van der Waals surface area contributed by atoms with Gasteiger partial charge in [-0.15, -0.1) is 0 Å². The number of nitrogens with zero attached hydrogens (tertiary/aromatic N) is 4. The fourth-order valence-corrected chi connectivity index (χ4v) is 1.69. The average Bonchev–Trinajstić information content (AvgIpc) is 2.27. The van der Waals surface area contributed by atoms with Crippen molar-refractivity contribution in [3.63, 3.8) is 0 Å². The monoisotopic (exact) mass is 352 g/mol. The van der Waals surface area contributed by atoms with E-state index in [1.54, 1.807) is 22.6 Å². The van der Waals surface area contributed by atoms with Crippen LogP contribution in [0.5, 0.6) is 0 Å². The molecule has 0 bridgehead atoms. The third kappa shape index (κ3) is 2.69. The molecule has 0 radical (unpaired) electrons. The van der Waals surface area contributed by atoms with Gasteiger partial charge >= 0.3 is 12.1 Å². The number of urea groups is 2. The Morgan fingerprint density at radius 1 is 1.06 bits per heavy atom. The molecule has 4 amide bonds. The van der Waals surface area contributed by atoms with Crippen LogP contribution in [0.2, 0.25) is 0 Å². The Morgan fingerprint density at radius 2 is 1.41 bits per heavy atom. The van der Waals surface area contributed by atoms with Crippen molar-refractivity contribution in [3.8, 4) is 0 Å². The maximum absolute atomic E-state index is 10.9. The van der Waals surface area contributed by atoms with E-state index in [4.69, 9.17) is 23.2 Å². The standard InChI is InChI=1S/C6H9IN8O2/c7-2-3(14(10)5(8)16)12-1-13-4(2)15(11)6(9)17/h1H,10-11H2,(H2,8,16)(H2,9,17). The average molecular weight is 352 g/mol. The number of hydrogen-bond donors (Lipinski definition) is 4. The lowest BCUT2D eigenvalue weighted by Crippen LogP contribution is -2.45. The molecule has 0 atom stereocenters. The molecule has 1 aromatic rings. The van der Waals surface area contributed by atoms with Crippen molar-refractivity contribution < 1.29 is 9.59 Å². The van der Waals surface area contributed by atoms with Crippen LogP contribution in [0.3, 0.4) is 0 Å². The van der Waals surface area contributed by atoms with E-state index >= 15 is 0 Å². The number of hydrazine groups is 2. The number of carbonyl (C=O) groups excluding carboxylic acids is 2. The minimum atomic E-state index is -0.921. The van der Waals surface area contributed by atoms with Crippen LogP contribution in [0.4, 0.5) is 21.2 Å². The van der Waals surface area contributed by atoms with Gasteiger partial charge in [-0.2, -0.15) is 0 Å². The molecule has 11 heteroatoms. The Morgan fingerprint density at radius 3 is 1.71 bits per heavy atom. The molecular formula is C6H9IN8O2. The van der Waals surface area contributed by atoms with Crippen LogP contribution in [0.1, 0.15) is 0 Å². The molecule has 0 aliphatic rings. The molecule has 1 rings (SSSR count). The zero-order valence-corrected chi connectivity index (χ0v) is 10.5. The normalized spacial score (nSPS) is 9.82. The Bertz CT molecular complexity index is 427. The van der Waals surface area contributed by atoms with Gasteiger partial charge in [0.25, 0.3) is 0 Å². The molecule has 0 saturated carbocycles. The largest absolute Gasteiger partial charge is 0.350 e. The summed E-state index contributed by atoms with van der Waals surface area (Å²) in [5.41, 5.74) is 9.97. The van der Waals surface area contributed by atoms with Gasteiger partial charge in [0, 0.05) is 0 Å². The van der Waals surface area contributed by atoms with Crippen molar-refractivity contribution in [2.75, 3.05) is 10.0 Å². The van der Waals surface area contributed by atoms with Crippen molar-refractivity contribution >= 4 is 46.3 Å². The van der Waals surface area contributed by atoms with Gasteiger partial charge < -0.3 is 11.5 Å². The molecule has 8 N–H and O–H groups in total. The highest BCUT2D eigenvalue weighted by atomic mass is 127. The number of nitrogens with two attached hydrogens (primary N) is 4. The molecule has 0 unspecified atom stereocenters. The van der Waals surface area contributed by atoms with E-state index in [1.807, 2.05) is 0 Å². The van der Waals surface area contributed by atoms with Gasteiger partial charge in [-0.25, -0.2) is 41.3 Å². The Labute approximate surface area is 109 Å². The summed E-state index contributed by atoms with van der Waals surface area (Å²) in [6.45, 7) is 0. The molecule has 1 aromatic heterocycles. The maximum Gasteiger partial charge on any atom is 0.335 e. The molecule has 0 aliphatic carbocycles. The molecule has 1 heterocycles. The molecule has 0 saturated heterocycles. The van der Waals surface area contributed by atoms with Gasteiger partial charge in [-0.3, -0.25) is 0 Å². The van der Waals surface area contributed by atoms with E-state index in [9.17, 15) is 9.59 Å². The summed E-state index contributed by atoms with van der Waals surface area (Å²) in [6, 6.07) is -1.84. The van der Waals surface area contributed by atoms with E-state index in [1.165, 1.54) is 0 Å². The number of hydrogen-bond acceptors (Lipinski definition) is 6. The van der Waals surface area contributed by atoms with Crippen LogP contribution < -0.4 is 33.2 Å². The minimum Gasteiger partial charge on any atom is -0.350 e. The van der Waals surface area contributed by atoms with E-state index in [2.05, 4.69) is 9.97 Å². The first-order valence-corrected chi connectivity index (χ1v) is 5.13. The minimum absolute atomic E-state index is 0.0137. The Balaban J connectivity index is 3.25. The first-order valence-electron chi connectivity index (χ1n) is 4.05. The van der Waals surface area contributed by atoms with E-state index in [0.717, 1.165) is 6.33 Å². The molecular weight excluding hydrogens is 343 g/mol. The maximum atomic E-state index is 10.9. The van der Waals surface area contributed by atoms with Crippen LogP contribution in [-0.4, -0.2) is 22.0 Å². The summed E-state index contributed by atoms with van der Waals surface area (Å²) in [5, 5.41) is 1.20. The number of rotatable bonds is 2. The molecule has 0 aliphatic heterocycles. The predicted molar refractivity (Wildman–Crippen MR) is 67.2 cm³/mol. The Kier molecular flexibility index (Phi) is 3.97. The second kappa shape index (κ2) is 5.07. The lowest BCUT2D eigenvalue weighted by atomic mass is 10.5. The lowest BCUT2D eigenvalue weighted by molar-refractivity contribution is 0.253. The van der Waals surface area contributed by atoms with Crippen LogP contribution >= 0.6 is 22.6 Å². The highest BCUT2D eigenvalue weighted by Gasteiger charge is 2.20. The smallest absolute Gasteiger partial charge is 0.335 e. The number of halogens is 1. The zero-order valence-electron chi connectivity index (χ0n) is 8.37. The lowest BCUT2D eigenvalue weighted by Gasteiger charge is -2.18. The topological polar surface area (TPSA) is 170 Å². The molecule has 0 fully saturated rings. The second-order valence-corrected chi connectivity index (χ2v) is 3.83. The first-order chi connectivity index (χ1) is 7.86. The van der Waals surface area contributed by atoms with E-state index in [-0.39, 0.29) is 15.2 Å². The predicted octanol–water partition coefficient (Wildman–Crippen LogP) is -1.40. The van der Waals surface area contributed by atoms with Gasteiger partial charge in [-0.1, -0.05) is 0 Å². The summed E-state index contributed by atoms with van der Waals surface area (Å²) in [4.78, 5) is 29.3. The van der Waals surface area contributed by atoms with Crippen molar-refractivity contribution in [3.05, 3.63) is 9.90 Å². The van der Waals surface area contributed by atoms with E-state index < -0.39 is 12.1 Å². The highest BCUT2D eigenvalue weighted by Crippen LogP contribution is 2.25. The fourth-order valence-electron chi connectivity index (χ4n) is 0.896. The third-order valence-corrected chi connectivity index (χ3v) is 2.65. The van der Waals surface area contributed by atoms with Crippen LogP contribution in [0.15, 0.2) is 6.33 Å².